The molecule has 0 bridgehead atoms. The molecule has 0 N–H and O–H groups in total. The summed E-state index contributed by atoms with van der Waals surface area (Å²) in [6, 6.07) is 5.17. The molecule has 27 heavy (non-hydrogen) atoms. The number of carbonyl (C=O) groups excluding carboxylic acids is 2. The fourth-order valence-electron chi connectivity index (χ4n) is 3.67. The lowest BCUT2D eigenvalue weighted by Gasteiger charge is -2.40. The second-order valence-corrected chi connectivity index (χ2v) is 6.91. The molecule has 0 spiro atoms. The summed E-state index contributed by atoms with van der Waals surface area (Å²) >= 11 is 0. The summed E-state index contributed by atoms with van der Waals surface area (Å²) in [5, 5.41) is 11.0. The molecule has 1 aromatic carbocycles. The number of anilines is 1. The topological polar surface area (TPSA) is 66.9 Å². The van der Waals surface area contributed by atoms with Gasteiger partial charge in [0.25, 0.3) is 0 Å². The van der Waals surface area contributed by atoms with Crippen molar-refractivity contribution in [2.75, 3.05) is 44.2 Å². The summed E-state index contributed by atoms with van der Waals surface area (Å²) in [5.74, 6) is -0.471. The van der Waals surface area contributed by atoms with Crippen LogP contribution in [0.3, 0.4) is 0 Å². The van der Waals surface area contributed by atoms with Crippen LogP contribution in [-0.4, -0.2) is 61.1 Å². The van der Waals surface area contributed by atoms with Crippen LogP contribution in [-0.2, 0) is 11.0 Å². The van der Waals surface area contributed by atoms with E-state index in [1.54, 1.807) is 11.0 Å². The lowest BCUT2D eigenvalue weighted by atomic mass is 9.96. The van der Waals surface area contributed by atoms with Gasteiger partial charge in [-0.1, -0.05) is 6.07 Å². The number of nitrogens with zero attached hydrogens (tertiary/aromatic N) is 3. The maximum atomic E-state index is 12.9. The zero-order valence-electron chi connectivity index (χ0n) is 14.7. The number of rotatable bonds is 2. The predicted molar refractivity (Wildman–Crippen MR) is 89.9 cm³/mol. The number of benzene rings is 1. The maximum absolute atomic E-state index is 12.9. The Labute approximate surface area is 155 Å². The first-order chi connectivity index (χ1) is 12.8. The van der Waals surface area contributed by atoms with Gasteiger partial charge in [-0.3, -0.25) is 4.79 Å². The van der Waals surface area contributed by atoms with Crippen LogP contribution in [0.15, 0.2) is 24.3 Å². The molecule has 6 nitrogen and oxygen atoms in total. The molecule has 2 saturated heterocycles. The Morgan fingerprint density at radius 3 is 2.37 bits per heavy atom. The van der Waals surface area contributed by atoms with Gasteiger partial charge >= 0.3 is 6.18 Å². The van der Waals surface area contributed by atoms with Crippen molar-refractivity contribution in [2.24, 2.45) is 5.92 Å². The summed E-state index contributed by atoms with van der Waals surface area (Å²) < 4.78 is 38.6. The van der Waals surface area contributed by atoms with Crippen molar-refractivity contribution >= 4 is 17.7 Å². The Kier molecular flexibility index (Phi) is 5.48. The molecule has 0 aliphatic carbocycles. The van der Waals surface area contributed by atoms with E-state index in [-0.39, 0.29) is 18.4 Å². The van der Waals surface area contributed by atoms with Gasteiger partial charge < -0.3 is 24.6 Å². The van der Waals surface area contributed by atoms with E-state index >= 15 is 0 Å². The molecule has 1 unspecified atom stereocenters. The van der Waals surface area contributed by atoms with Crippen LogP contribution in [0.1, 0.15) is 18.4 Å². The van der Waals surface area contributed by atoms with Crippen molar-refractivity contribution in [3.8, 4) is 0 Å². The van der Waals surface area contributed by atoms with Gasteiger partial charge in [0.1, 0.15) is 6.09 Å². The molecule has 0 saturated carbocycles. The Morgan fingerprint density at radius 1 is 1.04 bits per heavy atom. The molecule has 2 aliphatic heterocycles. The van der Waals surface area contributed by atoms with Crippen LogP contribution in [0.2, 0.25) is 0 Å². The fourth-order valence-corrected chi connectivity index (χ4v) is 3.67. The van der Waals surface area contributed by atoms with E-state index in [9.17, 15) is 27.9 Å². The average molecular weight is 384 g/mol. The van der Waals surface area contributed by atoms with E-state index in [1.807, 2.05) is 4.90 Å². The Morgan fingerprint density at radius 2 is 1.74 bits per heavy atom. The van der Waals surface area contributed by atoms with Gasteiger partial charge in [-0.2, -0.15) is 13.2 Å². The number of amides is 2. The largest absolute Gasteiger partial charge is 0.530 e. The minimum atomic E-state index is -4.39. The van der Waals surface area contributed by atoms with Gasteiger partial charge in [0.05, 0.1) is 11.5 Å². The van der Waals surface area contributed by atoms with E-state index < -0.39 is 17.8 Å². The van der Waals surface area contributed by atoms with Gasteiger partial charge in [-0.15, -0.1) is 0 Å². The minimum absolute atomic E-state index is 0.0929. The van der Waals surface area contributed by atoms with Crippen LogP contribution < -0.4 is 10.0 Å². The highest BCUT2D eigenvalue weighted by molar-refractivity contribution is 5.80. The molecule has 3 rings (SSSR count). The smallest absolute Gasteiger partial charge is 0.416 e. The minimum Gasteiger partial charge on any atom is -0.530 e. The third-order valence-corrected chi connectivity index (χ3v) is 5.16. The number of likely N-dealkylation sites (tertiary alicyclic amines) is 1. The second kappa shape index (κ2) is 7.66. The number of piperazine rings is 1. The Hall–Kier alpha value is -2.45. The number of alkyl halides is 3. The quantitative estimate of drug-likeness (QED) is 0.773. The SMILES string of the molecule is O=C([O-])N1CCCC(C(=O)N2CCN(c3cccc(C(F)(F)F)c3)CC2)C1. The summed E-state index contributed by atoms with van der Waals surface area (Å²) in [7, 11) is 0. The number of halogens is 3. The van der Waals surface area contributed by atoms with Crippen LogP contribution in [0.4, 0.5) is 23.7 Å². The molecule has 9 heteroatoms. The summed E-state index contributed by atoms with van der Waals surface area (Å²) in [4.78, 5) is 28.3. The van der Waals surface area contributed by atoms with E-state index in [4.69, 9.17) is 0 Å². The van der Waals surface area contributed by atoms with Crippen molar-refractivity contribution in [3.63, 3.8) is 0 Å². The maximum Gasteiger partial charge on any atom is 0.416 e. The normalized spacial score (nSPS) is 21.3. The van der Waals surface area contributed by atoms with Crippen molar-refractivity contribution in [1.82, 2.24) is 9.80 Å². The number of hydrogen-bond donors (Lipinski definition) is 0. The van der Waals surface area contributed by atoms with Gasteiger partial charge in [0, 0.05) is 45.0 Å². The molecule has 0 aromatic heterocycles. The van der Waals surface area contributed by atoms with E-state index in [0.717, 1.165) is 17.0 Å². The third-order valence-electron chi connectivity index (χ3n) is 5.16. The predicted octanol–water partition coefficient (Wildman–Crippen LogP) is 1.41. The highest BCUT2D eigenvalue weighted by Crippen LogP contribution is 2.32. The van der Waals surface area contributed by atoms with Crippen molar-refractivity contribution in [2.45, 2.75) is 19.0 Å². The highest BCUT2D eigenvalue weighted by Gasteiger charge is 2.33. The summed E-state index contributed by atoms with van der Waals surface area (Å²) in [6.07, 6.45) is -4.40. The molecular weight excluding hydrogens is 363 g/mol. The van der Waals surface area contributed by atoms with E-state index in [0.29, 0.717) is 51.3 Å². The monoisotopic (exact) mass is 384 g/mol. The number of carbonyl (C=O) groups is 2. The lowest BCUT2D eigenvalue weighted by molar-refractivity contribution is -0.267. The van der Waals surface area contributed by atoms with Crippen molar-refractivity contribution in [3.05, 3.63) is 29.8 Å². The molecule has 1 atom stereocenters. The number of piperidine rings is 1. The average Bonchev–Trinajstić information content (AvgIpc) is 2.67. The summed E-state index contributed by atoms with van der Waals surface area (Å²) in [5.41, 5.74) is -0.208. The van der Waals surface area contributed by atoms with Gasteiger partial charge in [0.15, 0.2) is 0 Å². The first-order valence-electron chi connectivity index (χ1n) is 8.92. The Balaban J connectivity index is 1.59. The molecule has 2 amide bonds. The lowest BCUT2D eigenvalue weighted by Crippen LogP contribution is -2.54. The summed E-state index contributed by atoms with van der Waals surface area (Å²) in [6.45, 7) is 2.20. The first-order valence-corrected chi connectivity index (χ1v) is 8.92. The van der Waals surface area contributed by atoms with Crippen LogP contribution in [0.25, 0.3) is 0 Å². The molecule has 2 aliphatic rings. The van der Waals surface area contributed by atoms with E-state index in [2.05, 4.69) is 0 Å². The van der Waals surface area contributed by atoms with E-state index in [1.165, 1.54) is 6.07 Å². The molecule has 2 heterocycles. The zero-order valence-corrected chi connectivity index (χ0v) is 14.7. The first kappa shape index (κ1) is 19.3. The molecule has 148 valence electrons. The number of hydrogen-bond acceptors (Lipinski definition) is 4. The van der Waals surface area contributed by atoms with Gasteiger partial charge in [-0.05, 0) is 31.0 Å². The Bertz CT molecular complexity index is 703. The highest BCUT2D eigenvalue weighted by atomic mass is 19.4. The number of carboxylic acid groups (broad SMARTS) is 1. The van der Waals surface area contributed by atoms with Gasteiger partial charge in [0.2, 0.25) is 5.91 Å². The molecule has 2 fully saturated rings. The fraction of sp³-hybridized carbons (Fsp3) is 0.556. The second-order valence-electron chi connectivity index (χ2n) is 6.91. The zero-order chi connectivity index (χ0) is 19.6. The molecular formula is C18H21F3N3O3-. The van der Waals surface area contributed by atoms with Crippen LogP contribution in [0.5, 0.6) is 0 Å². The van der Waals surface area contributed by atoms with Crippen molar-refractivity contribution < 1.29 is 27.9 Å². The van der Waals surface area contributed by atoms with Crippen molar-refractivity contribution in [1.29, 1.82) is 0 Å². The third kappa shape index (κ3) is 4.45. The molecule has 1 aromatic rings. The van der Waals surface area contributed by atoms with Crippen LogP contribution >= 0.6 is 0 Å². The van der Waals surface area contributed by atoms with Crippen LogP contribution in [0, 0.1) is 5.92 Å². The standard InChI is InChI=1S/C18H22F3N3O3/c19-18(20,21)14-4-1-5-15(11-14)22-7-9-23(10-8-22)16(25)13-3-2-6-24(12-13)17(26)27/h1,4-5,11,13H,2-3,6-10,12H2,(H,26,27)/p-1. The van der Waals surface area contributed by atoms with Gasteiger partial charge in [-0.25, -0.2) is 0 Å². The molecule has 0 radical (unpaired) electrons.